The van der Waals surface area contributed by atoms with Crippen molar-refractivity contribution in [1.29, 1.82) is 0 Å². The highest BCUT2D eigenvalue weighted by molar-refractivity contribution is 7.27. The summed E-state index contributed by atoms with van der Waals surface area (Å²) in [5.41, 5.74) is 29.4. The molecular formula is C72H41B2N3S. The van der Waals surface area contributed by atoms with Gasteiger partial charge in [0.15, 0.2) is 0 Å². The fraction of sp³-hybridized carbons (Fsp3) is 0. The Morgan fingerprint density at radius 2 is 0.859 bits per heavy atom. The van der Waals surface area contributed by atoms with E-state index in [0.29, 0.717) is 0 Å². The number of anilines is 3. The summed E-state index contributed by atoms with van der Waals surface area (Å²) in [4.78, 5) is 2.61. The predicted molar refractivity (Wildman–Crippen MR) is 334 cm³/mol. The van der Waals surface area contributed by atoms with Crippen molar-refractivity contribution in [2.24, 2.45) is 0 Å². The van der Waals surface area contributed by atoms with Crippen molar-refractivity contribution in [2.75, 3.05) is 4.90 Å². The van der Waals surface area contributed by atoms with Gasteiger partial charge in [-0.1, -0.05) is 200 Å². The van der Waals surface area contributed by atoms with Crippen molar-refractivity contribution in [3.63, 3.8) is 0 Å². The fourth-order valence-electron chi connectivity index (χ4n) is 14.9. The topological polar surface area (TPSA) is 13.1 Å². The van der Waals surface area contributed by atoms with Gasteiger partial charge < -0.3 is 14.0 Å². The Kier molecular flexibility index (Phi) is 8.04. The van der Waals surface area contributed by atoms with E-state index in [4.69, 9.17) is 0 Å². The predicted octanol–water partition coefficient (Wildman–Crippen LogP) is 14.7. The van der Waals surface area contributed by atoms with Crippen molar-refractivity contribution in [1.82, 2.24) is 9.13 Å². The van der Waals surface area contributed by atoms with E-state index >= 15 is 0 Å². The van der Waals surface area contributed by atoms with Gasteiger partial charge in [0.2, 0.25) is 0 Å². The molecular weight excluding hydrogens is 961 g/mol. The lowest BCUT2D eigenvalue weighted by Crippen LogP contribution is -2.67. The Morgan fingerprint density at radius 1 is 0.308 bits per heavy atom. The van der Waals surface area contributed by atoms with E-state index in [1.165, 1.54) is 164 Å². The lowest BCUT2D eigenvalue weighted by Gasteiger charge is -2.44. The number of thiophene rings is 1. The van der Waals surface area contributed by atoms with Crippen LogP contribution < -0.4 is 37.7 Å². The molecule has 0 unspecified atom stereocenters. The summed E-state index contributed by atoms with van der Waals surface area (Å²) in [5.74, 6) is 0. The zero-order chi connectivity index (χ0) is 50.5. The smallest absolute Gasteiger partial charge is 0.252 e. The van der Waals surface area contributed by atoms with E-state index in [9.17, 15) is 0 Å². The molecule has 0 atom stereocenters. The average molecular weight is 1000 g/mol. The van der Waals surface area contributed by atoms with Crippen molar-refractivity contribution < 1.29 is 0 Å². The largest absolute Gasteiger partial charge is 0.311 e. The zero-order valence-corrected chi connectivity index (χ0v) is 42.9. The van der Waals surface area contributed by atoms with Gasteiger partial charge in [0.1, 0.15) is 0 Å². The minimum Gasteiger partial charge on any atom is -0.311 e. The maximum Gasteiger partial charge on any atom is 0.252 e. The third kappa shape index (κ3) is 5.30. The number of hydrogen-bond donors (Lipinski definition) is 0. The zero-order valence-electron chi connectivity index (χ0n) is 42.1. The average Bonchev–Trinajstić information content (AvgIpc) is 4.18. The molecule has 4 aliphatic rings. The van der Waals surface area contributed by atoms with Gasteiger partial charge in [0.25, 0.3) is 13.4 Å². The second-order valence-electron chi connectivity index (χ2n) is 21.8. The summed E-state index contributed by atoms with van der Waals surface area (Å²) < 4.78 is 8.15. The van der Waals surface area contributed by atoms with E-state index in [1.807, 2.05) is 11.3 Å². The molecule has 0 aliphatic carbocycles. The standard InChI is InChI=1S/C72H41B2N3S/c1-5-16-42(17-6-1)46-28-32-50(33-29-46)75-61-35-31-48(44-20-9-3-10-21-44)38-57(61)74-59-40-55-51-24-13-14-27-64(51)78-72(55)65-52-25-15-26-56-68(52)77(70(59)65)71-66(74)62(75)41-63-67(71)73(56)58-39-49(45-22-11-4-12-23-45)37-54-53-36-47(43-18-7-2-8-19-43)30-34-60(53)76(63)69(54)58/h1-41H. The maximum absolute atomic E-state index is 2.77. The molecule has 0 N–H and O–H groups in total. The van der Waals surface area contributed by atoms with E-state index in [-0.39, 0.29) is 13.4 Å². The van der Waals surface area contributed by atoms with Crippen LogP contribution >= 0.6 is 11.3 Å². The van der Waals surface area contributed by atoms with E-state index < -0.39 is 0 Å². The molecule has 78 heavy (non-hydrogen) atoms. The molecule has 0 bridgehead atoms. The first kappa shape index (κ1) is 41.6. The molecule has 6 heteroatoms. The second kappa shape index (κ2) is 15.1. The summed E-state index contributed by atoms with van der Waals surface area (Å²) in [7, 11) is 0. The van der Waals surface area contributed by atoms with Crippen LogP contribution in [0.5, 0.6) is 0 Å². The molecule has 4 aliphatic heterocycles. The Labute approximate surface area is 454 Å². The lowest BCUT2D eigenvalue weighted by molar-refractivity contribution is 1.14. The molecule has 12 aromatic carbocycles. The van der Waals surface area contributed by atoms with Gasteiger partial charge in [0.05, 0.1) is 11.0 Å². The highest BCUT2D eigenvalue weighted by atomic mass is 32.1. The first-order chi connectivity index (χ1) is 38.7. The third-order valence-electron chi connectivity index (χ3n) is 18.0. The van der Waals surface area contributed by atoms with Gasteiger partial charge in [-0.15, -0.1) is 11.3 Å². The minimum atomic E-state index is -0.0599. The number of aromatic nitrogens is 2. The van der Waals surface area contributed by atoms with Crippen LogP contribution in [0.2, 0.25) is 0 Å². The molecule has 15 aromatic rings. The van der Waals surface area contributed by atoms with Gasteiger partial charge >= 0.3 is 0 Å². The van der Waals surface area contributed by atoms with Crippen LogP contribution in [0.3, 0.4) is 0 Å². The van der Waals surface area contributed by atoms with Crippen LogP contribution in [-0.2, 0) is 0 Å². The molecule has 0 radical (unpaired) electrons. The minimum absolute atomic E-state index is 0.0341. The quantitative estimate of drug-likeness (QED) is 0.157. The van der Waals surface area contributed by atoms with Crippen LogP contribution in [0.1, 0.15) is 0 Å². The highest BCUT2D eigenvalue weighted by Gasteiger charge is 2.50. The Bertz CT molecular complexity index is 5140. The van der Waals surface area contributed by atoms with Crippen molar-refractivity contribution in [2.45, 2.75) is 0 Å². The number of hydrogen-bond acceptors (Lipinski definition) is 2. The van der Waals surface area contributed by atoms with Crippen LogP contribution in [0.15, 0.2) is 249 Å². The van der Waals surface area contributed by atoms with Gasteiger partial charge in [-0.25, -0.2) is 0 Å². The molecule has 3 aromatic heterocycles. The fourth-order valence-corrected chi connectivity index (χ4v) is 16.1. The van der Waals surface area contributed by atoms with Crippen molar-refractivity contribution in [3.05, 3.63) is 249 Å². The number of benzene rings is 12. The number of fused-ring (bicyclic) bond motifs is 14. The molecule has 19 rings (SSSR count). The van der Waals surface area contributed by atoms with Crippen molar-refractivity contribution in [3.8, 4) is 55.9 Å². The maximum atomic E-state index is 2.77. The van der Waals surface area contributed by atoms with Crippen LogP contribution in [0.4, 0.5) is 17.1 Å². The Morgan fingerprint density at radius 3 is 1.60 bits per heavy atom. The number of para-hydroxylation sites is 1. The second-order valence-corrected chi connectivity index (χ2v) is 22.9. The van der Waals surface area contributed by atoms with Crippen LogP contribution in [0, 0.1) is 0 Å². The van der Waals surface area contributed by atoms with E-state index in [2.05, 4.69) is 263 Å². The summed E-state index contributed by atoms with van der Waals surface area (Å²) in [6.45, 7) is -0.0941. The third-order valence-corrected chi connectivity index (χ3v) is 19.2. The Hall–Kier alpha value is -9.61. The van der Waals surface area contributed by atoms with Gasteiger partial charge in [-0.2, -0.15) is 0 Å². The van der Waals surface area contributed by atoms with Crippen LogP contribution in [-0.4, -0.2) is 22.6 Å². The molecule has 7 heterocycles. The molecule has 0 fully saturated rings. The molecule has 0 saturated heterocycles. The summed E-state index contributed by atoms with van der Waals surface area (Å²) >= 11 is 1.96. The molecule has 356 valence electrons. The first-order valence-electron chi connectivity index (χ1n) is 27.2. The van der Waals surface area contributed by atoms with Crippen molar-refractivity contribution >= 4 is 138 Å². The number of nitrogens with zero attached hydrogens (tertiary/aromatic N) is 3. The monoisotopic (exact) mass is 1000 g/mol. The van der Waals surface area contributed by atoms with E-state index in [0.717, 1.165) is 5.69 Å². The van der Waals surface area contributed by atoms with Gasteiger partial charge in [-0.3, -0.25) is 0 Å². The normalized spacial score (nSPS) is 13.3. The summed E-state index contributed by atoms with van der Waals surface area (Å²) in [6.07, 6.45) is 0. The Balaban J connectivity index is 1.01. The summed E-state index contributed by atoms with van der Waals surface area (Å²) in [6, 6.07) is 94.2. The van der Waals surface area contributed by atoms with Gasteiger partial charge in [0, 0.05) is 81.2 Å². The lowest BCUT2D eigenvalue weighted by atomic mass is 9.29. The first-order valence-corrected chi connectivity index (χ1v) is 28.0. The SMILES string of the molecule is c1ccc(-c2ccc(N3c4ccc(-c5ccccc5)cc4B4c5c3cc3c6c5-n5c7c(cccc7c7c8sc9ccccc9c8cc4c75)B6c4cc(-c5ccccc5)cc5c6cc(-c7ccccc7)ccc6n-3c45)cc2)cc1. The van der Waals surface area contributed by atoms with Gasteiger partial charge in [-0.05, 0) is 126 Å². The highest BCUT2D eigenvalue weighted by Crippen LogP contribution is 2.49. The number of rotatable bonds is 5. The molecule has 3 nitrogen and oxygen atoms in total. The summed E-state index contributed by atoms with van der Waals surface area (Å²) in [5, 5.41) is 7.95. The van der Waals surface area contributed by atoms with Crippen LogP contribution in [0.25, 0.3) is 120 Å². The molecule has 0 spiro atoms. The molecule has 0 amide bonds. The van der Waals surface area contributed by atoms with E-state index in [1.54, 1.807) is 0 Å². The molecule has 0 saturated carbocycles.